The normalized spacial score (nSPS) is 12.5. The molecule has 1 N–H and O–H groups in total. The summed E-state index contributed by atoms with van der Waals surface area (Å²) in [6.07, 6.45) is 5.08. The monoisotopic (exact) mass is 378 g/mol. The Morgan fingerprint density at radius 1 is 1.27 bits per heavy atom. The molecular formula is C18H16F2N2O3S. The van der Waals surface area contributed by atoms with Gasteiger partial charge in [-0.05, 0) is 32.0 Å². The fraction of sp³-hybridized carbons (Fsp3) is 0.167. The molecule has 5 nitrogen and oxygen atoms in total. The standard InChI is InChI=1S/C18H16F2N2O3S/c1-3-4-5-6-16(23)25-11(2)17(24)22-18-21-15(10-26-18)12-7-8-13(19)14(20)9-12/h3-11H,1-2H3,(H,21,22,24). The van der Waals surface area contributed by atoms with Gasteiger partial charge in [0.15, 0.2) is 22.9 Å². The van der Waals surface area contributed by atoms with Crippen molar-refractivity contribution in [3.8, 4) is 11.3 Å². The van der Waals surface area contributed by atoms with Gasteiger partial charge in [0.05, 0.1) is 5.69 Å². The molecule has 0 aliphatic rings. The van der Waals surface area contributed by atoms with E-state index in [9.17, 15) is 18.4 Å². The van der Waals surface area contributed by atoms with Crippen LogP contribution in [0.5, 0.6) is 0 Å². The summed E-state index contributed by atoms with van der Waals surface area (Å²) in [5, 5.41) is 4.36. The van der Waals surface area contributed by atoms with Gasteiger partial charge < -0.3 is 4.74 Å². The van der Waals surface area contributed by atoms with E-state index in [1.807, 2.05) is 0 Å². The van der Waals surface area contributed by atoms with E-state index in [1.165, 1.54) is 25.1 Å². The van der Waals surface area contributed by atoms with E-state index in [0.29, 0.717) is 11.3 Å². The molecule has 0 bridgehead atoms. The number of nitrogens with zero attached hydrogens (tertiary/aromatic N) is 1. The number of aromatic nitrogens is 1. The molecule has 8 heteroatoms. The van der Waals surface area contributed by atoms with E-state index in [0.717, 1.165) is 23.5 Å². The summed E-state index contributed by atoms with van der Waals surface area (Å²) in [7, 11) is 0. The predicted molar refractivity (Wildman–Crippen MR) is 95.6 cm³/mol. The molecule has 1 heterocycles. The van der Waals surface area contributed by atoms with Gasteiger partial charge in [-0.25, -0.2) is 18.6 Å². The maximum atomic E-state index is 13.3. The van der Waals surface area contributed by atoms with E-state index in [2.05, 4.69) is 10.3 Å². The third-order valence-corrected chi connectivity index (χ3v) is 3.91. The SMILES string of the molecule is CC=CC=CC(=O)OC(C)C(=O)Nc1nc(-c2ccc(F)c(F)c2)cs1. The van der Waals surface area contributed by atoms with Crippen LogP contribution in [-0.4, -0.2) is 23.0 Å². The van der Waals surface area contributed by atoms with Crippen LogP contribution in [0.2, 0.25) is 0 Å². The number of ether oxygens (including phenoxy) is 1. The van der Waals surface area contributed by atoms with Crippen molar-refractivity contribution >= 4 is 28.3 Å². The van der Waals surface area contributed by atoms with Crippen molar-refractivity contribution in [2.75, 3.05) is 5.32 Å². The Morgan fingerprint density at radius 3 is 2.73 bits per heavy atom. The molecule has 0 fully saturated rings. The maximum absolute atomic E-state index is 13.3. The highest BCUT2D eigenvalue weighted by Crippen LogP contribution is 2.26. The molecule has 26 heavy (non-hydrogen) atoms. The molecule has 1 aromatic carbocycles. The van der Waals surface area contributed by atoms with Crippen molar-refractivity contribution in [1.29, 1.82) is 0 Å². The first kappa shape index (κ1) is 19.5. The van der Waals surface area contributed by atoms with E-state index < -0.39 is 29.6 Å². The first-order chi connectivity index (χ1) is 12.4. The highest BCUT2D eigenvalue weighted by atomic mass is 32.1. The molecule has 2 aromatic rings. The molecule has 1 unspecified atom stereocenters. The molecular weight excluding hydrogens is 362 g/mol. The summed E-state index contributed by atoms with van der Waals surface area (Å²) < 4.78 is 31.2. The number of rotatable bonds is 6. The first-order valence-electron chi connectivity index (χ1n) is 7.62. The van der Waals surface area contributed by atoms with E-state index in [-0.39, 0.29) is 5.13 Å². The minimum atomic E-state index is -1.02. The Balaban J connectivity index is 1.98. The number of benzene rings is 1. The predicted octanol–water partition coefficient (Wildman–Crippen LogP) is 4.09. The van der Waals surface area contributed by atoms with Crippen LogP contribution >= 0.6 is 11.3 Å². The molecule has 0 radical (unpaired) electrons. The zero-order valence-corrected chi connectivity index (χ0v) is 14.8. The average molecular weight is 378 g/mol. The Kier molecular flexibility index (Phi) is 6.74. The molecule has 0 spiro atoms. The summed E-state index contributed by atoms with van der Waals surface area (Å²) in [6, 6.07) is 3.42. The number of carbonyl (C=O) groups is 2. The first-order valence-corrected chi connectivity index (χ1v) is 8.50. The molecule has 0 saturated heterocycles. The minimum Gasteiger partial charge on any atom is -0.449 e. The average Bonchev–Trinajstić information content (AvgIpc) is 3.06. The molecule has 0 aliphatic heterocycles. The molecule has 1 atom stereocenters. The third kappa shape index (κ3) is 5.32. The number of anilines is 1. The van der Waals surface area contributed by atoms with Crippen LogP contribution in [-0.2, 0) is 14.3 Å². The Morgan fingerprint density at radius 2 is 2.04 bits per heavy atom. The van der Waals surface area contributed by atoms with Crippen LogP contribution in [0.25, 0.3) is 11.3 Å². The van der Waals surface area contributed by atoms with Gasteiger partial charge in [-0.3, -0.25) is 10.1 Å². The van der Waals surface area contributed by atoms with Gasteiger partial charge in [-0.15, -0.1) is 11.3 Å². The number of thiazole rings is 1. The van der Waals surface area contributed by atoms with E-state index in [1.54, 1.807) is 24.5 Å². The topological polar surface area (TPSA) is 68.3 Å². The Bertz CT molecular complexity index is 862. The largest absolute Gasteiger partial charge is 0.449 e. The summed E-state index contributed by atoms with van der Waals surface area (Å²) in [4.78, 5) is 27.7. The van der Waals surface area contributed by atoms with Crippen LogP contribution < -0.4 is 5.32 Å². The number of carbonyl (C=O) groups excluding carboxylic acids is 2. The van der Waals surface area contributed by atoms with Crippen molar-refractivity contribution in [3.63, 3.8) is 0 Å². The van der Waals surface area contributed by atoms with Gasteiger partial charge in [-0.1, -0.05) is 18.2 Å². The van der Waals surface area contributed by atoms with Crippen molar-refractivity contribution in [2.45, 2.75) is 20.0 Å². The summed E-state index contributed by atoms with van der Waals surface area (Å²) in [5.41, 5.74) is 0.775. The number of allylic oxidation sites excluding steroid dienone is 3. The van der Waals surface area contributed by atoms with Gasteiger partial charge in [0.1, 0.15) is 0 Å². The lowest BCUT2D eigenvalue weighted by Crippen LogP contribution is -2.29. The second-order valence-corrected chi connectivity index (χ2v) is 5.98. The molecule has 136 valence electrons. The Hall–Kier alpha value is -2.87. The molecule has 2 rings (SSSR count). The number of hydrogen-bond acceptors (Lipinski definition) is 5. The molecule has 0 saturated carbocycles. The van der Waals surface area contributed by atoms with Gasteiger partial charge in [0.25, 0.3) is 5.91 Å². The number of halogens is 2. The van der Waals surface area contributed by atoms with E-state index >= 15 is 0 Å². The molecule has 1 amide bonds. The summed E-state index contributed by atoms with van der Waals surface area (Å²) in [5.74, 6) is -3.12. The van der Waals surface area contributed by atoms with Crippen molar-refractivity contribution in [3.05, 3.63) is 59.5 Å². The summed E-state index contributed by atoms with van der Waals surface area (Å²) in [6.45, 7) is 3.23. The fourth-order valence-corrected chi connectivity index (χ4v) is 2.56. The second-order valence-electron chi connectivity index (χ2n) is 5.12. The fourth-order valence-electron chi connectivity index (χ4n) is 1.84. The molecule has 1 aromatic heterocycles. The van der Waals surface area contributed by atoms with Crippen LogP contribution in [0.4, 0.5) is 13.9 Å². The van der Waals surface area contributed by atoms with Gasteiger partial charge in [0.2, 0.25) is 0 Å². The van der Waals surface area contributed by atoms with Crippen molar-refractivity contribution in [1.82, 2.24) is 4.98 Å². The smallest absolute Gasteiger partial charge is 0.331 e. The van der Waals surface area contributed by atoms with Crippen molar-refractivity contribution in [2.24, 2.45) is 0 Å². The lowest BCUT2D eigenvalue weighted by atomic mass is 10.2. The summed E-state index contributed by atoms with van der Waals surface area (Å²) >= 11 is 1.11. The van der Waals surface area contributed by atoms with Crippen LogP contribution in [0, 0.1) is 11.6 Å². The van der Waals surface area contributed by atoms with Crippen LogP contribution in [0.3, 0.4) is 0 Å². The van der Waals surface area contributed by atoms with Crippen LogP contribution in [0.1, 0.15) is 13.8 Å². The van der Waals surface area contributed by atoms with Gasteiger partial charge >= 0.3 is 5.97 Å². The highest BCUT2D eigenvalue weighted by Gasteiger charge is 2.18. The lowest BCUT2D eigenvalue weighted by Gasteiger charge is -2.10. The number of esters is 1. The van der Waals surface area contributed by atoms with Crippen LogP contribution in [0.15, 0.2) is 47.9 Å². The highest BCUT2D eigenvalue weighted by molar-refractivity contribution is 7.14. The quantitative estimate of drug-likeness (QED) is 0.467. The van der Waals surface area contributed by atoms with Gasteiger partial charge in [-0.2, -0.15) is 0 Å². The number of nitrogens with one attached hydrogen (secondary N) is 1. The number of hydrogen-bond donors (Lipinski definition) is 1. The van der Waals surface area contributed by atoms with E-state index in [4.69, 9.17) is 4.74 Å². The third-order valence-electron chi connectivity index (χ3n) is 3.15. The maximum Gasteiger partial charge on any atom is 0.331 e. The zero-order chi connectivity index (χ0) is 19.1. The molecule has 0 aliphatic carbocycles. The Labute approximate surface area is 153 Å². The second kappa shape index (κ2) is 9.00. The van der Waals surface area contributed by atoms with Crippen molar-refractivity contribution < 1.29 is 23.1 Å². The number of amides is 1. The lowest BCUT2D eigenvalue weighted by molar-refractivity contribution is -0.148. The minimum absolute atomic E-state index is 0.252. The zero-order valence-electron chi connectivity index (χ0n) is 14.0. The van der Waals surface area contributed by atoms with Gasteiger partial charge in [0, 0.05) is 17.0 Å².